The van der Waals surface area contributed by atoms with Crippen LogP contribution in [-0.4, -0.2) is 37.1 Å². The zero-order chi connectivity index (χ0) is 16.8. The second-order valence-electron chi connectivity index (χ2n) is 6.44. The Bertz CT molecular complexity index is 550. The lowest BCUT2D eigenvalue weighted by Gasteiger charge is -2.24. The number of rotatable bonds is 9. The summed E-state index contributed by atoms with van der Waals surface area (Å²) in [6, 6.07) is 6.16. The Morgan fingerprint density at radius 3 is 2.70 bits per heavy atom. The molecule has 126 valence electrons. The Hall–Kier alpha value is -1.97. The van der Waals surface area contributed by atoms with Crippen LogP contribution in [0.4, 0.5) is 0 Å². The van der Waals surface area contributed by atoms with Crippen molar-refractivity contribution in [1.29, 1.82) is 0 Å². The predicted molar refractivity (Wildman–Crippen MR) is 92.0 cm³/mol. The number of methoxy groups -OCH3 is 1. The van der Waals surface area contributed by atoms with Gasteiger partial charge in [-0.3, -0.25) is 4.79 Å². The molecule has 1 amide bonds. The van der Waals surface area contributed by atoms with Crippen molar-refractivity contribution in [2.24, 2.45) is 5.92 Å². The Morgan fingerprint density at radius 2 is 2.13 bits per heavy atom. The highest BCUT2D eigenvalue weighted by molar-refractivity contribution is 5.78. The Kier molecular flexibility index (Phi) is 6.08. The summed E-state index contributed by atoms with van der Waals surface area (Å²) in [5.74, 6) is 1.78. The molecule has 0 bridgehead atoms. The van der Waals surface area contributed by atoms with E-state index < -0.39 is 0 Å². The quantitative estimate of drug-likeness (QED) is 0.655. The monoisotopic (exact) mass is 317 g/mol. The highest BCUT2D eigenvalue weighted by Gasteiger charge is 2.32. The van der Waals surface area contributed by atoms with Gasteiger partial charge < -0.3 is 14.4 Å². The summed E-state index contributed by atoms with van der Waals surface area (Å²) in [6.07, 6.45) is 4.84. The first kappa shape index (κ1) is 17.4. The van der Waals surface area contributed by atoms with Crippen LogP contribution in [0, 0.1) is 5.92 Å². The van der Waals surface area contributed by atoms with Crippen molar-refractivity contribution in [3.8, 4) is 11.5 Å². The lowest BCUT2D eigenvalue weighted by Crippen LogP contribution is -2.39. The molecule has 1 aromatic carbocycles. The van der Waals surface area contributed by atoms with Crippen LogP contribution in [0.5, 0.6) is 11.5 Å². The van der Waals surface area contributed by atoms with Crippen LogP contribution in [0.3, 0.4) is 0 Å². The van der Waals surface area contributed by atoms with Gasteiger partial charge in [0.15, 0.2) is 18.1 Å². The van der Waals surface area contributed by atoms with Gasteiger partial charge in [0, 0.05) is 12.6 Å². The van der Waals surface area contributed by atoms with E-state index in [0.29, 0.717) is 23.5 Å². The lowest BCUT2D eigenvalue weighted by molar-refractivity contribution is -0.134. The summed E-state index contributed by atoms with van der Waals surface area (Å²) in [5.41, 5.74) is 1.11. The third-order valence-corrected chi connectivity index (χ3v) is 3.83. The van der Waals surface area contributed by atoms with Gasteiger partial charge in [0.05, 0.1) is 7.11 Å². The molecule has 1 fully saturated rings. The van der Waals surface area contributed by atoms with Gasteiger partial charge in [0.2, 0.25) is 0 Å². The summed E-state index contributed by atoms with van der Waals surface area (Å²) in [4.78, 5) is 14.4. The van der Waals surface area contributed by atoms with E-state index in [1.54, 1.807) is 7.11 Å². The van der Waals surface area contributed by atoms with E-state index in [9.17, 15) is 4.79 Å². The fourth-order valence-corrected chi connectivity index (χ4v) is 2.58. The summed E-state index contributed by atoms with van der Waals surface area (Å²) in [5, 5.41) is 0. The number of ether oxygens (including phenoxy) is 2. The molecule has 4 heteroatoms. The van der Waals surface area contributed by atoms with Crippen LogP contribution in [0.15, 0.2) is 30.9 Å². The van der Waals surface area contributed by atoms with Gasteiger partial charge in [-0.15, -0.1) is 6.58 Å². The molecular weight excluding hydrogens is 290 g/mol. The molecule has 0 atom stereocenters. The maximum atomic E-state index is 12.4. The first-order valence-corrected chi connectivity index (χ1v) is 8.25. The Morgan fingerprint density at radius 1 is 1.39 bits per heavy atom. The topological polar surface area (TPSA) is 38.8 Å². The number of allylic oxidation sites excluding steroid dienone is 1. The molecule has 23 heavy (non-hydrogen) atoms. The first-order valence-electron chi connectivity index (χ1n) is 8.25. The van der Waals surface area contributed by atoms with Crippen LogP contribution in [0.25, 0.3) is 0 Å². The van der Waals surface area contributed by atoms with E-state index in [4.69, 9.17) is 9.47 Å². The molecule has 1 aliphatic rings. The van der Waals surface area contributed by atoms with Crippen molar-refractivity contribution in [3.05, 3.63) is 36.4 Å². The second-order valence-corrected chi connectivity index (χ2v) is 6.44. The standard InChI is InChI=1S/C19H27NO3/c1-5-6-15-7-10-17(18(11-15)22-4)23-13-19(21)20(12-14(2)3)16-8-9-16/h5,7,10-11,14,16H,1,6,8-9,12-13H2,2-4H3. The summed E-state index contributed by atoms with van der Waals surface area (Å²) >= 11 is 0. The maximum Gasteiger partial charge on any atom is 0.260 e. The predicted octanol–water partition coefficient (Wildman–Crippen LogP) is 3.45. The van der Waals surface area contributed by atoms with Crippen LogP contribution in [0.1, 0.15) is 32.3 Å². The van der Waals surface area contributed by atoms with Crippen molar-refractivity contribution in [2.75, 3.05) is 20.3 Å². The average Bonchev–Trinajstić information content (AvgIpc) is 3.35. The number of nitrogens with zero attached hydrogens (tertiary/aromatic N) is 1. The molecule has 0 unspecified atom stereocenters. The smallest absolute Gasteiger partial charge is 0.260 e. The van der Waals surface area contributed by atoms with Gasteiger partial charge in [0.25, 0.3) is 5.91 Å². The highest BCUT2D eigenvalue weighted by Crippen LogP contribution is 2.30. The molecule has 0 aromatic heterocycles. The number of hydrogen-bond donors (Lipinski definition) is 0. The summed E-state index contributed by atoms with van der Waals surface area (Å²) < 4.78 is 11.1. The number of benzene rings is 1. The normalized spacial score (nSPS) is 13.7. The molecule has 2 rings (SSSR count). The fourth-order valence-electron chi connectivity index (χ4n) is 2.58. The van der Waals surface area contributed by atoms with Gasteiger partial charge in [0.1, 0.15) is 0 Å². The minimum Gasteiger partial charge on any atom is -0.493 e. The Labute approximate surface area is 139 Å². The highest BCUT2D eigenvalue weighted by atomic mass is 16.5. The molecule has 0 heterocycles. The number of hydrogen-bond acceptors (Lipinski definition) is 3. The van der Waals surface area contributed by atoms with Gasteiger partial charge >= 0.3 is 0 Å². The largest absolute Gasteiger partial charge is 0.493 e. The van der Waals surface area contributed by atoms with Crippen molar-refractivity contribution in [1.82, 2.24) is 4.90 Å². The summed E-state index contributed by atoms with van der Waals surface area (Å²) in [7, 11) is 1.61. The van der Waals surface area contributed by atoms with Crippen molar-refractivity contribution < 1.29 is 14.3 Å². The van der Waals surface area contributed by atoms with E-state index >= 15 is 0 Å². The molecule has 1 aliphatic carbocycles. The van der Waals surface area contributed by atoms with Gasteiger partial charge in [-0.25, -0.2) is 0 Å². The first-order chi connectivity index (χ1) is 11.0. The van der Waals surface area contributed by atoms with Crippen LogP contribution >= 0.6 is 0 Å². The molecule has 4 nitrogen and oxygen atoms in total. The van der Waals surface area contributed by atoms with E-state index in [1.165, 1.54) is 0 Å². The zero-order valence-electron chi connectivity index (χ0n) is 14.4. The minimum absolute atomic E-state index is 0.0541. The van der Waals surface area contributed by atoms with Crippen molar-refractivity contribution in [2.45, 2.75) is 39.2 Å². The molecular formula is C19H27NO3. The van der Waals surface area contributed by atoms with Gasteiger partial charge in [-0.05, 0) is 42.9 Å². The minimum atomic E-state index is 0.0541. The molecule has 0 spiro atoms. The van der Waals surface area contributed by atoms with Gasteiger partial charge in [-0.1, -0.05) is 26.0 Å². The second kappa shape index (κ2) is 8.04. The molecule has 0 saturated heterocycles. The third-order valence-electron chi connectivity index (χ3n) is 3.83. The molecule has 0 radical (unpaired) electrons. The molecule has 0 N–H and O–H groups in total. The van der Waals surface area contributed by atoms with Crippen LogP contribution < -0.4 is 9.47 Å². The lowest BCUT2D eigenvalue weighted by atomic mass is 10.1. The SMILES string of the molecule is C=CCc1ccc(OCC(=O)N(CC(C)C)C2CC2)c(OC)c1. The van der Waals surface area contributed by atoms with E-state index in [0.717, 1.165) is 31.4 Å². The molecule has 1 aromatic rings. The average molecular weight is 317 g/mol. The number of amides is 1. The number of carbonyl (C=O) groups is 1. The van der Waals surface area contributed by atoms with E-state index in [-0.39, 0.29) is 12.5 Å². The van der Waals surface area contributed by atoms with Crippen molar-refractivity contribution >= 4 is 5.91 Å². The number of carbonyl (C=O) groups excluding carboxylic acids is 1. The zero-order valence-corrected chi connectivity index (χ0v) is 14.4. The molecule has 0 aliphatic heterocycles. The fraction of sp³-hybridized carbons (Fsp3) is 0.526. The summed E-state index contributed by atoms with van der Waals surface area (Å²) in [6.45, 7) is 8.85. The van der Waals surface area contributed by atoms with Crippen LogP contribution in [-0.2, 0) is 11.2 Å². The van der Waals surface area contributed by atoms with Crippen molar-refractivity contribution in [3.63, 3.8) is 0 Å². The third kappa shape index (κ3) is 5.02. The van der Waals surface area contributed by atoms with E-state index in [1.807, 2.05) is 29.2 Å². The Balaban J connectivity index is 1.98. The van der Waals surface area contributed by atoms with Gasteiger partial charge in [-0.2, -0.15) is 0 Å². The van der Waals surface area contributed by atoms with Crippen LogP contribution in [0.2, 0.25) is 0 Å². The maximum absolute atomic E-state index is 12.4. The van der Waals surface area contributed by atoms with E-state index in [2.05, 4.69) is 20.4 Å². The molecule has 1 saturated carbocycles.